The molecule has 0 bridgehead atoms. The first kappa shape index (κ1) is 15.2. The molecule has 19 heavy (non-hydrogen) atoms. The first-order chi connectivity index (χ1) is 9.20. The van der Waals surface area contributed by atoms with Gasteiger partial charge in [0, 0.05) is 25.4 Å². The number of nitrogens with one attached hydrogen (secondary N) is 1. The van der Waals surface area contributed by atoms with Gasteiger partial charge in [0.25, 0.3) is 0 Å². The fourth-order valence-electron chi connectivity index (χ4n) is 2.81. The summed E-state index contributed by atoms with van der Waals surface area (Å²) >= 11 is 1.92. The highest BCUT2D eigenvalue weighted by Crippen LogP contribution is 2.41. The van der Waals surface area contributed by atoms with Gasteiger partial charge in [0.1, 0.15) is 0 Å². The number of rotatable bonds is 5. The summed E-state index contributed by atoms with van der Waals surface area (Å²) in [6, 6.07) is 0. The second kappa shape index (κ2) is 7.53. The maximum Gasteiger partial charge on any atom is 0.156 e. The Kier molecular flexibility index (Phi) is 6.02. The molecule has 0 aromatic carbocycles. The smallest absolute Gasteiger partial charge is 0.156 e. The van der Waals surface area contributed by atoms with Gasteiger partial charge in [-0.2, -0.15) is 0 Å². The SMILES string of the molecule is CC(C)COCCNC1=NCC2(CCCCC2)CS1. The van der Waals surface area contributed by atoms with Crippen molar-refractivity contribution in [2.45, 2.75) is 46.0 Å². The van der Waals surface area contributed by atoms with Gasteiger partial charge in [0.05, 0.1) is 6.61 Å². The summed E-state index contributed by atoms with van der Waals surface area (Å²) < 4.78 is 5.57. The molecule has 1 aliphatic heterocycles. The average molecular weight is 284 g/mol. The molecule has 1 aliphatic carbocycles. The van der Waals surface area contributed by atoms with Crippen LogP contribution in [-0.2, 0) is 4.74 Å². The molecule has 0 radical (unpaired) electrons. The lowest BCUT2D eigenvalue weighted by atomic mass is 9.75. The van der Waals surface area contributed by atoms with Gasteiger partial charge in [-0.15, -0.1) is 0 Å². The Morgan fingerprint density at radius 1 is 1.32 bits per heavy atom. The Bertz CT molecular complexity index is 299. The summed E-state index contributed by atoms with van der Waals surface area (Å²) in [7, 11) is 0. The van der Waals surface area contributed by atoms with Crippen molar-refractivity contribution in [1.29, 1.82) is 0 Å². The zero-order valence-electron chi connectivity index (χ0n) is 12.4. The maximum absolute atomic E-state index is 5.57. The standard InChI is InChI=1S/C15H28N2OS/c1-13(2)10-18-9-8-16-14-17-11-15(12-19-14)6-4-3-5-7-15/h13H,3-12H2,1-2H3,(H,16,17). The van der Waals surface area contributed by atoms with Gasteiger partial charge in [0.2, 0.25) is 0 Å². The van der Waals surface area contributed by atoms with Crippen molar-refractivity contribution < 1.29 is 4.74 Å². The normalized spacial score (nSPS) is 22.6. The van der Waals surface area contributed by atoms with Crippen molar-refractivity contribution in [1.82, 2.24) is 5.32 Å². The third-order valence-electron chi connectivity index (χ3n) is 3.96. The third kappa shape index (κ3) is 4.99. The largest absolute Gasteiger partial charge is 0.379 e. The van der Waals surface area contributed by atoms with E-state index in [9.17, 15) is 0 Å². The molecule has 0 unspecified atom stereocenters. The summed E-state index contributed by atoms with van der Waals surface area (Å²) in [4.78, 5) is 4.75. The lowest BCUT2D eigenvalue weighted by Crippen LogP contribution is -2.37. The molecule has 4 heteroatoms. The van der Waals surface area contributed by atoms with Crippen LogP contribution in [0.1, 0.15) is 46.0 Å². The van der Waals surface area contributed by atoms with Gasteiger partial charge in [-0.1, -0.05) is 44.9 Å². The van der Waals surface area contributed by atoms with Crippen LogP contribution in [0.15, 0.2) is 4.99 Å². The van der Waals surface area contributed by atoms with E-state index in [-0.39, 0.29) is 0 Å². The lowest BCUT2D eigenvalue weighted by Gasteiger charge is -2.38. The summed E-state index contributed by atoms with van der Waals surface area (Å²) in [5.41, 5.74) is 0.530. The predicted molar refractivity (Wildman–Crippen MR) is 83.9 cm³/mol. The van der Waals surface area contributed by atoms with E-state index < -0.39 is 0 Å². The van der Waals surface area contributed by atoms with Crippen LogP contribution < -0.4 is 5.32 Å². The van der Waals surface area contributed by atoms with E-state index in [1.165, 1.54) is 37.9 Å². The number of ether oxygens (including phenoxy) is 1. The molecule has 2 rings (SSSR count). The Balaban J connectivity index is 1.63. The third-order valence-corrected chi connectivity index (χ3v) is 5.26. The first-order valence-corrected chi connectivity index (χ1v) is 8.68. The summed E-state index contributed by atoms with van der Waals surface area (Å²) in [5.74, 6) is 1.87. The quantitative estimate of drug-likeness (QED) is 0.786. The molecule has 1 fully saturated rings. The summed E-state index contributed by atoms with van der Waals surface area (Å²) in [5, 5.41) is 4.53. The van der Waals surface area contributed by atoms with Crippen molar-refractivity contribution in [3.63, 3.8) is 0 Å². The van der Waals surface area contributed by atoms with E-state index in [1.807, 2.05) is 11.8 Å². The number of hydrogen-bond acceptors (Lipinski definition) is 4. The zero-order valence-corrected chi connectivity index (χ0v) is 13.2. The van der Waals surface area contributed by atoms with Crippen molar-refractivity contribution in [3.8, 4) is 0 Å². The van der Waals surface area contributed by atoms with E-state index in [2.05, 4.69) is 19.2 Å². The molecule has 1 spiro atoms. The lowest BCUT2D eigenvalue weighted by molar-refractivity contribution is 0.114. The number of amidine groups is 1. The second-order valence-corrected chi connectivity index (χ2v) is 7.33. The van der Waals surface area contributed by atoms with E-state index in [1.54, 1.807) is 0 Å². The highest BCUT2D eigenvalue weighted by Gasteiger charge is 2.34. The molecule has 0 atom stereocenters. The molecule has 0 amide bonds. The number of nitrogens with zero attached hydrogens (tertiary/aromatic N) is 1. The van der Waals surface area contributed by atoms with E-state index in [0.717, 1.165) is 31.5 Å². The molecule has 3 nitrogen and oxygen atoms in total. The first-order valence-electron chi connectivity index (χ1n) is 7.69. The molecule has 1 heterocycles. The molecule has 110 valence electrons. The number of aliphatic imine (C=N–C) groups is 1. The fourth-order valence-corrected chi connectivity index (χ4v) is 4.00. The highest BCUT2D eigenvalue weighted by atomic mass is 32.2. The highest BCUT2D eigenvalue weighted by molar-refractivity contribution is 8.13. The Hall–Kier alpha value is -0.220. The van der Waals surface area contributed by atoms with Gasteiger partial charge in [0.15, 0.2) is 5.17 Å². The number of thioether (sulfide) groups is 1. The second-order valence-electron chi connectivity index (χ2n) is 6.37. The predicted octanol–water partition coefficient (Wildman–Crippen LogP) is 3.30. The van der Waals surface area contributed by atoms with Crippen molar-refractivity contribution in [3.05, 3.63) is 0 Å². The van der Waals surface area contributed by atoms with Crippen LogP contribution in [0.2, 0.25) is 0 Å². The van der Waals surface area contributed by atoms with Crippen molar-refractivity contribution in [2.75, 3.05) is 32.1 Å². The van der Waals surface area contributed by atoms with Crippen LogP contribution >= 0.6 is 11.8 Å². The monoisotopic (exact) mass is 284 g/mol. The van der Waals surface area contributed by atoms with Gasteiger partial charge in [-0.25, -0.2) is 0 Å². The molecule has 2 aliphatic rings. The minimum absolute atomic E-state index is 0.530. The van der Waals surface area contributed by atoms with Crippen LogP contribution in [0, 0.1) is 11.3 Å². The minimum Gasteiger partial charge on any atom is -0.379 e. The molecule has 1 saturated carbocycles. The van der Waals surface area contributed by atoms with E-state index in [0.29, 0.717) is 11.3 Å². The maximum atomic E-state index is 5.57. The minimum atomic E-state index is 0.530. The van der Waals surface area contributed by atoms with Crippen LogP contribution in [0.3, 0.4) is 0 Å². The molecule has 0 aromatic rings. The number of hydrogen-bond donors (Lipinski definition) is 1. The van der Waals surface area contributed by atoms with E-state index >= 15 is 0 Å². The molecular weight excluding hydrogens is 256 g/mol. The van der Waals surface area contributed by atoms with Gasteiger partial charge < -0.3 is 10.1 Å². The van der Waals surface area contributed by atoms with Gasteiger partial charge >= 0.3 is 0 Å². The average Bonchev–Trinajstić information content (AvgIpc) is 2.41. The summed E-state index contributed by atoms with van der Waals surface area (Å²) in [6.45, 7) is 7.91. The van der Waals surface area contributed by atoms with E-state index in [4.69, 9.17) is 9.73 Å². The summed E-state index contributed by atoms with van der Waals surface area (Å²) in [6.07, 6.45) is 7.00. The van der Waals surface area contributed by atoms with Gasteiger partial charge in [-0.05, 0) is 24.2 Å². The molecule has 0 aromatic heterocycles. The van der Waals surface area contributed by atoms with Crippen molar-refractivity contribution in [2.24, 2.45) is 16.3 Å². The zero-order chi connectivity index (χ0) is 13.6. The Morgan fingerprint density at radius 3 is 2.74 bits per heavy atom. The van der Waals surface area contributed by atoms with Gasteiger partial charge in [-0.3, -0.25) is 4.99 Å². The van der Waals surface area contributed by atoms with Crippen LogP contribution in [0.5, 0.6) is 0 Å². The van der Waals surface area contributed by atoms with Crippen LogP contribution in [0.25, 0.3) is 0 Å². The molecule has 0 saturated heterocycles. The van der Waals surface area contributed by atoms with Crippen LogP contribution in [-0.4, -0.2) is 37.2 Å². The topological polar surface area (TPSA) is 33.6 Å². The van der Waals surface area contributed by atoms with Crippen LogP contribution in [0.4, 0.5) is 0 Å². The Morgan fingerprint density at radius 2 is 2.11 bits per heavy atom. The molecular formula is C15H28N2OS. The fraction of sp³-hybridized carbons (Fsp3) is 0.933. The Labute approximate surface area is 122 Å². The van der Waals surface area contributed by atoms with Crippen molar-refractivity contribution >= 4 is 16.9 Å². The molecule has 1 N–H and O–H groups in total.